The van der Waals surface area contributed by atoms with Crippen LogP contribution in [0, 0.1) is 0 Å². The topological polar surface area (TPSA) is 58.5 Å². The van der Waals surface area contributed by atoms with E-state index in [0.29, 0.717) is 19.0 Å². The number of nitrogens with zero attached hydrogens (tertiary/aromatic N) is 2. The van der Waals surface area contributed by atoms with Crippen LogP contribution < -0.4 is 15.4 Å². The first kappa shape index (κ1) is 19.0. The quantitative estimate of drug-likeness (QED) is 0.445. The smallest absolute Gasteiger partial charge is 0.417 e. The summed E-state index contributed by atoms with van der Waals surface area (Å²) in [4.78, 5) is 9.26. The zero-order chi connectivity index (χ0) is 18.1. The number of hydrogen-bond acceptors (Lipinski definition) is 4. The molecule has 0 aliphatic rings. The van der Waals surface area contributed by atoms with Crippen LogP contribution in [0.4, 0.5) is 13.2 Å². The number of nitrogens with one attached hydrogen (secondary N) is 2. The Kier molecular flexibility index (Phi) is 7.05. The van der Waals surface area contributed by atoms with Crippen LogP contribution in [-0.4, -0.2) is 30.6 Å². The minimum atomic E-state index is -4.40. The molecule has 9 heteroatoms. The van der Waals surface area contributed by atoms with E-state index in [-0.39, 0.29) is 12.5 Å². The molecule has 0 aromatic carbocycles. The number of aromatic nitrogens is 1. The lowest BCUT2D eigenvalue weighted by Crippen LogP contribution is -2.39. The van der Waals surface area contributed by atoms with Crippen molar-refractivity contribution in [3.63, 3.8) is 0 Å². The molecule has 2 aromatic rings. The zero-order valence-corrected chi connectivity index (χ0v) is 14.5. The van der Waals surface area contributed by atoms with Crippen LogP contribution in [0.25, 0.3) is 0 Å². The predicted octanol–water partition coefficient (Wildman–Crippen LogP) is 3.30. The van der Waals surface area contributed by atoms with Crippen LogP contribution >= 0.6 is 11.3 Å². The highest BCUT2D eigenvalue weighted by molar-refractivity contribution is 7.09. The van der Waals surface area contributed by atoms with Gasteiger partial charge in [-0.1, -0.05) is 6.07 Å². The number of rotatable bonds is 7. The summed E-state index contributed by atoms with van der Waals surface area (Å²) in [5, 5.41) is 8.21. The summed E-state index contributed by atoms with van der Waals surface area (Å²) < 4.78 is 42.7. The zero-order valence-electron chi connectivity index (χ0n) is 13.6. The van der Waals surface area contributed by atoms with Crippen molar-refractivity contribution in [2.75, 3.05) is 19.7 Å². The molecule has 0 saturated carbocycles. The number of alkyl halides is 3. The Morgan fingerprint density at radius 2 is 2.12 bits per heavy atom. The maximum atomic E-state index is 12.5. The summed E-state index contributed by atoms with van der Waals surface area (Å²) in [6.07, 6.45) is -3.64. The number of guanidine groups is 1. The van der Waals surface area contributed by atoms with Crippen LogP contribution in [0.1, 0.15) is 17.4 Å². The van der Waals surface area contributed by atoms with Crippen molar-refractivity contribution in [2.24, 2.45) is 4.99 Å². The van der Waals surface area contributed by atoms with E-state index in [9.17, 15) is 13.2 Å². The van der Waals surface area contributed by atoms with Gasteiger partial charge in [0.1, 0.15) is 6.61 Å². The van der Waals surface area contributed by atoms with E-state index in [4.69, 9.17) is 4.74 Å². The minimum Gasteiger partial charge on any atom is -0.476 e. The van der Waals surface area contributed by atoms with E-state index in [0.717, 1.165) is 23.7 Å². The molecule has 0 amide bonds. The first-order chi connectivity index (χ1) is 12.0. The Hall–Kier alpha value is -2.29. The van der Waals surface area contributed by atoms with Gasteiger partial charge < -0.3 is 15.4 Å². The van der Waals surface area contributed by atoms with Gasteiger partial charge in [-0.05, 0) is 24.4 Å². The van der Waals surface area contributed by atoms with Gasteiger partial charge in [0.25, 0.3) is 0 Å². The molecule has 25 heavy (non-hydrogen) atoms. The lowest BCUT2D eigenvalue weighted by Gasteiger charge is -2.12. The second kappa shape index (κ2) is 9.26. The second-order valence-electron chi connectivity index (χ2n) is 4.93. The van der Waals surface area contributed by atoms with Gasteiger partial charge in [-0.2, -0.15) is 13.2 Å². The summed E-state index contributed by atoms with van der Waals surface area (Å²) in [6, 6.07) is 6.14. The van der Waals surface area contributed by atoms with Crippen molar-refractivity contribution >= 4 is 17.3 Å². The lowest BCUT2D eigenvalue weighted by molar-refractivity contribution is -0.137. The fraction of sp³-hybridized carbons (Fsp3) is 0.375. The standard InChI is InChI=1S/C16H19F3N4OS/c1-2-20-15(23-11-13-4-3-9-25-13)21-7-8-24-14-6-5-12(10-22-14)16(17,18)19/h3-6,9-10H,2,7-8,11H2,1H3,(H2,20,21,23). The van der Waals surface area contributed by atoms with E-state index < -0.39 is 11.7 Å². The van der Waals surface area contributed by atoms with E-state index in [2.05, 4.69) is 20.6 Å². The summed E-state index contributed by atoms with van der Waals surface area (Å²) in [5.41, 5.74) is -0.798. The summed E-state index contributed by atoms with van der Waals surface area (Å²) in [5.74, 6) is 0.801. The third-order valence-electron chi connectivity index (χ3n) is 3.03. The Morgan fingerprint density at radius 1 is 1.28 bits per heavy atom. The highest BCUT2D eigenvalue weighted by Gasteiger charge is 2.30. The molecule has 0 spiro atoms. The van der Waals surface area contributed by atoms with Crippen molar-refractivity contribution in [3.05, 3.63) is 46.3 Å². The SMILES string of the molecule is CCNC(=NCc1cccs1)NCCOc1ccc(C(F)(F)F)cn1. The van der Waals surface area contributed by atoms with Gasteiger partial charge in [0, 0.05) is 23.7 Å². The average molecular weight is 372 g/mol. The van der Waals surface area contributed by atoms with Crippen molar-refractivity contribution in [2.45, 2.75) is 19.6 Å². The Balaban J connectivity index is 1.77. The summed E-state index contributed by atoms with van der Waals surface area (Å²) in [7, 11) is 0. The molecule has 2 N–H and O–H groups in total. The van der Waals surface area contributed by atoms with E-state index in [1.165, 1.54) is 6.07 Å². The molecule has 0 aliphatic heterocycles. The summed E-state index contributed by atoms with van der Waals surface area (Å²) in [6.45, 7) is 3.96. The molecule has 0 fully saturated rings. The van der Waals surface area contributed by atoms with Gasteiger partial charge in [-0.3, -0.25) is 0 Å². The molecule has 2 aromatic heterocycles. The number of ether oxygens (including phenoxy) is 1. The maximum absolute atomic E-state index is 12.5. The molecule has 0 bridgehead atoms. The molecule has 2 rings (SSSR count). The van der Waals surface area contributed by atoms with Gasteiger partial charge in [-0.25, -0.2) is 9.98 Å². The molecular weight excluding hydrogens is 353 g/mol. The highest BCUT2D eigenvalue weighted by Crippen LogP contribution is 2.29. The average Bonchev–Trinajstić information content (AvgIpc) is 3.09. The number of thiophene rings is 1. The number of aliphatic imine (C=N–C) groups is 1. The van der Waals surface area contributed by atoms with Crippen LogP contribution in [0.15, 0.2) is 40.8 Å². The van der Waals surface area contributed by atoms with E-state index in [1.54, 1.807) is 11.3 Å². The largest absolute Gasteiger partial charge is 0.476 e. The summed E-state index contributed by atoms with van der Waals surface area (Å²) >= 11 is 1.64. The lowest BCUT2D eigenvalue weighted by atomic mass is 10.3. The normalized spacial score (nSPS) is 12.1. The van der Waals surface area contributed by atoms with Crippen molar-refractivity contribution in [1.29, 1.82) is 0 Å². The maximum Gasteiger partial charge on any atom is 0.417 e. The van der Waals surface area contributed by atoms with Crippen molar-refractivity contribution in [3.8, 4) is 5.88 Å². The van der Waals surface area contributed by atoms with E-state index >= 15 is 0 Å². The Labute approximate surface area is 148 Å². The van der Waals surface area contributed by atoms with E-state index in [1.807, 2.05) is 24.4 Å². The molecule has 5 nitrogen and oxygen atoms in total. The van der Waals surface area contributed by atoms with Crippen molar-refractivity contribution in [1.82, 2.24) is 15.6 Å². The van der Waals surface area contributed by atoms with Gasteiger partial charge in [0.15, 0.2) is 5.96 Å². The predicted molar refractivity (Wildman–Crippen MR) is 91.9 cm³/mol. The van der Waals surface area contributed by atoms with Gasteiger partial charge >= 0.3 is 6.18 Å². The van der Waals surface area contributed by atoms with Crippen LogP contribution in [0.5, 0.6) is 5.88 Å². The first-order valence-electron chi connectivity index (χ1n) is 7.69. The fourth-order valence-electron chi connectivity index (χ4n) is 1.86. The molecule has 0 atom stereocenters. The van der Waals surface area contributed by atoms with Crippen molar-refractivity contribution < 1.29 is 17.9 Å². The van der Waals surface area contributed by atoms with Crippen LogP contribution in [-0.2, 0) is 12.7 Å². The number of hydrogen-bond donors (Lipinski definition) is 2. The fourth-order valence-corrected chi connectivity index (χ4v) is 2.49. The molecule has 2 heterocycles. The molecule has 0 radical (unpaired) electrons. The number of pyridine rings is 1. The highest BCUT2D eigenvalue weighted by atomic mass is 32.1. The second-order valence-corrected chi connectivity index (χ2v) is 5.96. The monoisotopic (exact) mass is 372 g/mol. The third kappa shape index (κ3) is 6.61. The van der Waals surface area contributed by atoms with Gasteiger partial charge in [0.2, 0.25) is 5.88 Å². The van der Waals surface area contributed by atoms with Gasteiger partial charge in [-0.15, -0.1) is 11.3 Å². The molecule has 0 aliphatic carbocycles. The first-order valence-corrected chi connectivity index (χ1v) is 8.57. The van der Waals surface area contributed by atoms with Crippen LogP contribution in [0.3, 0.4) is 0 Å². The third-order valence-corrected chi connectivity index (χ3v) is 3.89. The Bertz CT molecular complexity index is 657. The molecular formula is C16H19F3N4OS. The van der Waals surface area contributed by atoms with Gasteiger partial charge in [0.05, 0.1) is 18.7 Å². The molecule has 136 valence electrons. The number of halogens is 3. The Morgan fingerprint density at radius 3 is 2.72 bits per heavy atom. The minimum absolute atomic E-state index is 0.148. The van der Waals surface area contributed by atoms with Crippen LogP contribution in [0.2, 0.25) is 0 Å². The molecule has 0 saturated heterocycles. The molecule has 0 unspecified atom stereocenters.